The minimum Gasteiger partial charge on any atom is -0.321 e. The number of pyridine rings is 1. The molecule has 0 spiro atoms. The number of hydrogen-bond acceptors (Lipinski definition) is 7. The molecular weight excluding hydrogens is 396 g/mol. The number of amides is 1. The van der Waals surface area contributed by atoms with Crippen LogP contribution in [0, 0.1) is 5.41 Å². The zero-order valence-electron chi connectivity index (χ0n) is 16.1. The minimum atomic E-state index is -0.461. The van der Waals surface area contributed by atoms with Crippen LogP contribution < -0.4 is 10.7 Å². The maximum absolute atomic E-state index is 12.7. The van der Waals surface area contributed by atoms with Crippen molar-refractivity contribution in [2.45, 2.75) is 6.92 Å². The zero-order valence-corrected chi connectivity index (χ0v) is 16.9. The lowest BCUT2D eigenvalue weighted by Crippen LogP contribution is -2.29. The Hall–Kier alpha value is -3.91. The molecule has 0 atom stereocenters. The van der Waals surface area contributed by atoms with Gasteiger partial charge in [-0.05, 0) is 37.3 Å². The van der Waals surface area contributed by atoms with E-state index in [2.05, 4.69) is 25.8 Å². The summed E-state index contributed by atoms with van der Waals surface area (Å²) < 4.78 is 1.00. The quantitative estimate of drug-likeness (QED) is 0.311. The van der Waals surface area contributed by atoms with Crippen molar-refractivity contribution in [3.05, 3.63) is 73.1 Å². The van der Waals surface area contributed by atoms with E-state index in [4.69, 9.17) is 5.41 Å². The van der Waals surface area contributed by atoms with Gasteiger partial charge in [0.15, 0.2) is 5.71 Å². The van der Waals surface area contributed by atoms with E-state index in [-0.39, 0.29) is 11.4 Å². The molecule has 4 rings (SSSR count). The molecule has 2 heterocycles. The monoisotopic (exact) mass is 414 g/mol. The number of hydrogen-bond donors (Lipinski definition) is 3. The average Bonchev–Trinajstić information content (AvgIpc) is 3.19. The van der Waals surface area contributed by atoms with E-state index < -0.39 is 5.91 Å². The number of hydrazone groups is 1. The Bertz CT molecular complexity index is 1220. The molecule has 3 N–H and O–H groups in total. The third-order valence-electron chi connectivity index (χ3n) is 4.20. The summed E-state index contributed by atoms with van der Waals surface area (Å²) in [5, 5.41) is 15.7. The summed E-state index contributed by atoms with van der Waals surface area (Å²) in [7, 11) is 0. The van der Waals surface area contributed by atoms with Crippen molar-refractivity contribution >= 4 is 50.3 Å². The lowest BCUT2D eigenvalue weighted by Gasteiger charge is -2.09. The van der Waals surface area contributed by atoms with E-state index in [0.29, 0.717) is 5.69 Å². The molecule has 0 aliphatic rings. The van der Waals surface area contributed by atoms with Crippen molar-refractivity contribution in [3.8, 4) is 10.6 Å². The normalized spacial score (nSPS) is 11.3. The van der Waals surface area contributed by atoms with Crippen LogP contribution in [-0.2, 0) is 4.79 Å². The predicted octanol–water partition coefficient (Wildman–Crippen LogP) is 4.80. The molecule has 2 aromatic carbocycles. The van der Waals surface area contributed by atoms with Gasteiger partial charge in [-0.15, -0.1) is 11.3 Å². The van der Waals surface area contributed by atoms with Crippen LogP contribution in [0.4, 0.5) is 11.4 Å². The Labute approximate surface area is 177 Å². The fourth-order valence-electron chi connectivity index (χ4n) is 2.76. The highest BCUT2D eigenvalue weighted by Crippen LogP contribution is 2.30. The Morgan fingerprint density at radius 2 is 1.87 bits per heavy atom. The Morgan fingerprint density at radius 1 is 1.07 bits per heavy atom. The van der Waals surface area contributed by atoms with Crippen LogP contribution in [0.5, 0.6) is 0 Å². The largest absolute Gasteiger partial charge is 0.321 e. The molecule has 0 saturated carbocycles. The second kappa shape index (κ2) is 8.62. The first-order valence-corrected chi connectivity index (χ1v) is 9.98. The van der Waals surface area contributed by atoms with E-state index in [1.165, 1.54) is 6.92 Å². The summed E-state index contributed by atoms with van der Waals surface area (Å²) in [5.74, 6) is -0.461. The molecule has 0 aliphatic heterocycles. The van der Waals surface area contributed by atoms with Crippen LogP contribution in [0.1, 0.15) is 6.92 Å². The fourth-order valence-corrected chi connectivity index (χ4v) is 3.69. The van der Waals surface area contributed by atoms with E-state index in [1.54, 1.807) is 29.8 Å². The first-order valence-electron chi connectivity index (χ1n) is 9.17. The van der Waals surface area contributed by atoms with Crippen LogP contribution in [-0.4, -0.2) is 27.3 Å². The van der Waals surface area contributed by atoms with Gasteiger partial charge in [-0.25, -0.2) is 4.98 Å². The molecule has 0 unspecified atom stereocenters. The number of nitrogens with one attached hydrogen (secondary N) is 3. The van der Waals surface area contributed by atoms with Crippen molar-refractivity contribution in [2.75, 3.05) is 10.7 Å². The number of nitrogens with zero attached hydrogens (tertiary/aromatic N) is 3. The third-order valence-corrected chi connectivity index (χ3v) is 5.25. The number of thiazole rings is 1. The molecule has 4 aromatic rings. The van der Waals surface area contributed by atoms with Crippen molar-refractivity contribution in [3.63, 3.8) is 0 Å². The second-order valence-corrected chi connectivity index (χ2v) is 7.49. The Balaban J connectivity index is 1.54. The van der Waals surface area contributed by atoms with Gasteiger partial charge in [-0.3, -0.25) is 15.2 Å². The number of fused-ring (bicyclic) bond motifs is 1. The van der Waals surface area contributed by atoms with Crippen LogP contribution in [0.3, 0.4) is 0 Å². The zero-order chi connectivity index (χ0) is 20.9. The molecule has 0 saturated heterocycles. The molecule has 7 nitrogen and oxygen atoms in total. The summed E-state index contributed by atoms with van der Waals surface area (Å²) in [6.07, 6.45) is 3.50. The smallest absolute Gasteiger partial charge is 0.277 e. The second-order valence-electron chi connectivity index (χ2n) is 6.46. The molecule has 0 bridgehead atoms. The number of carbonyl (C=O) groups is 1. The fraction of sp³-hybridized carbons (Fsp3) is 0.0455. The van der Waals surface area contributed by atoms with Gasteiger partial charge in [-0.2, -0.15) is 5.10 Å². The number of benzene rings is 2. The van der Waals surface area contributed by atoms with E-state index in [0.717, 1.165) is 26.5 Å². The Morgan fingerprint density at radius 3 is 2.63 bits per heavy atom. The average molecular weight is 414 g/mol. The third kappa shape index (κ3) is 4.39. The molecule has 0 aliphatic carbocycles. The lowest BCUT2D eigenvalue weighted by molar-refractivity contribution is -0.110. The SMILES string of the molecule is CC(=N)/C(=N\Nc1ccccc1)C(=O)Nc1cccc(-c2nc3ccncc3s2)c1. The minimum absolute atomic E-state index is 0.00955. The van der Waals surface area contributed by atoms with E-state index in [1.807, 2.05) is 54.6 Å². The van der Waals surface area contributed by atoms with E-state index in [9.17, 15) is 4.79 Å². The van der Waals surface area contributed by atoms with Gasteiger partial charge >= 0.3 is 0 Å². The Kier molecular flexibility index (Phi) is 5.58. The number of rotatable bonds is 6. The predicted molar refractivity (Wildman–Crippen MR) is 122 cm³/mol. The molecule has 30 heavy (non-hydrogen) atoms. The lowest BCUT2D eigenvalue weighted by atomic mass is 10.2. The summed E-state index contributed by atoms with van der Waals surface area (Å²) in [5.41, 5.74) is 6.00. The van der Waals surface area contributed by atoms with Gasteiger partial charge in [0.1, 0.15) is 5.01 Å². The number of para-hydroxylation sites is 1. The summed E-state index contributed by atoms with van der Waals surface area (Å²) in [6, 6.07) is 18.6. The van der Waals surface area contributed by atoms with Crippen LogP contribution in [0.15, 0.2) is 78.2 Å². The van der Waals surface area contributed by atoms with Gasteiger partial charge in [0, 0.05) is 23.6 Å². The highest BCUT2D eigenvalue weighted by Gasteiger charge is 2.15. The number of anilines is 2. The van der Waals surface area contributed by atoms with Gasteiger partial charge in [-0.1, -0.05) is 30.3 Å². The summed E-state index contributed by atoms with van der Waals surface area (Å²) in [4.78, 5) is 21.5. The molecule has 148 valence electrons. The number of carbonyl (C=O) groups excluding carboxylic acids is 1. The highest BCUT2D eigenvalue weighted by molar-refractivity contribution is 7.21. The maximum atomic E-state index is 12.7. The van der Waals surface area contributed by atoms with Crippen molar-refractivity contribution in [1.29, 1.82) is 5.41 Å². The molecule has 1 amide bonds. The van der Waals surface area contributed by atoms with Gasteiger partial charge in [0.05, 0.1) is 21.6 Å². The van der Waals surface area contributed by atoms with Gasteiger partial charge < -0.3 is 10.7 Å². The first kappa shape index (κ1) is 19.4. The van der Waals surface area contributed by atoms with Crippen molar-refractivity contribution < 1.29 is 4.79 Å². The van der Waals surface area contributed by atoms with Crippen LogP contribution in [0.2, 0.25) is 0 Å². The first-order chi connectivity index (χ1) is 14.6. The van der Waals surface area contributed by atoms with Crippen LogP contribution in [0.25, 0.3) is 20.8 Å². The van der Waals surface area contributed by atoms with Crippen molar-refractivity contribution in [2.24, 2.45) is 5.10 Å². The molecule has 8 heteroatoms. The molecule has 2 aromatic heterocycles. The highest BCUT2D eigenvalue weighted by atomic mass is 32.1. The van der Waals surface area contributed by atoms with Gasteiger partial charge in [0.25, 0.3) is 5.91 Å². The van der Waals surface area contributed by atoms with E-state index >= 15 is 0 Å². The molecule has 0 radical (unpaired) electrons. The molecular formula is C22H18N6OS. The summed E-state index contributed by atoms with van der Waals surface area (Å²) >= 11 is 1.54. The standard InChI is InChI=1S/C22H18N6OS/c1-14(23)20(28-27-16-7-3-2-4-8-16)21(29)25-17-9-5-6-15(12-17)22-26-18-10-11-24-13-19(18)30-22/h2-13,23,27H,1H3,(H,25,29)/b23-14?,28-20+. The summed E-state index contributed by atoms with van der Waals surface area (Å²) in [6.45, 7) is 1.52. The van der Waals surface area contributed by atoms with Gasteiger partial charge in [0.2, 0.25) is 0 Å². The topological polar surface area (TPSA) is 103 Å². The number of aromatic nitrogens is 2. The van der Waals surface area contributed by atoms with Crippen molar-refractivity contribution in [1.82, 2.24) is 9.97 Å². The molecule has 0 fully saturated rings. The maximum Gasteiger partial charge on any atom is 0.277 e. The van der Waals surface area contributed by atoms with Crippen LogP contribution >= 0.6 is 11.3 Å².